The van der Waals surface area contributed by atoms with Gasteiger partial charge in [-0.3, -0.25) is 9.59 Å². The van der Waals surface area contributed by atoms with Gasteiger partial charge >= 0.3 is 29.0 Å². The SMILES string of the molecule is CCC1=C2/C=C3\[N-]C(/C=c4\[n-]/c(c(CO)c4CCC(=O)O)=C\c4[n-]c(c([C@@H](O)CCCC(C)CC/C=C(\C)CC/C=C(\C)CCC=C(C)C)c4C)/C=C(\[N-]2)[C@@H]1C)[C@@H](CCC(=O)O)[C@H]3C.[Fe+4]. The van der Waals surface area contributed by atoms with E-state index < -0.39 is 24.1 Å². The van der Waals surface area contributed by atoms with Crippen LogP contribution in [0.3, 0.4) is 0 Å². The number of aliphatic hydroxyl groups excluding tert-OH is 2. The molecule has 4 N–H and O–H groups in total. The Hall–Kier alpha value is -4.28. The van der Waals surface area contributed by atoms with E-state index in [2.05, 4.69) is 73.6 Å². The monoisotopic (exact) mass is 930 g/mol. The molecule has 0 radical (unpaired) electrons. The standard InChI is InChI=1S/C54H74N4O6.Fe/c1-10-39-36(7)44-29-50-54(51(60)22-14-21-35(6)20-13-19-34(5)18-12-17-33(4)16-11-15-32(2)3)38(9)45(57-50)28-49-42(31-59)41(24-26-53(63)64)48(58-49)30-47-40(23-25-52(61)62)37(8)43(56-47)27-46(39)55-44;/h15,17,19,27-30,35-37,40,47,51,59-60H,10-14,16,18,20-26,31H2,1-9H3,(H,61,62)(H,63,64);/q-4;+4/b33-17+,34-19+,43-27-,44-29-,48-30-,49-28-;/t35?,36-,37-,40+,47?,51+;/m1./s1. The van der Waals surface area contributed by atoms with Gasteiger partial charge in [0.2, 0.25) is 0 Å². The fourth-order valence-corrected chi connectivity index (χ4v) is 9.69. The molecule has 0 aromatic carbocycles. The molecule has 65 heavy (non-hydrogen) atoms. The number of carboxylic acid groups (broad SMARTS) is 2. The maximum Gasteiger partial charge on any atom is 4.00 e. The Morgan fingerprint density at radius 3 is 2.12 bits per heavy atom. The van der Waals surface area contributed by atoms with Crippen molar-refractivity contribution in [2.75, 3.05) is 0 Å². The third-order valence-corrected chi connectivity index (χ3v) is 13.7. The molecule has 6 atom stereocenters. The van der Waals surface area contributed by atoms with Gasteiger partial charge in [0.05, 0.1) is 12.7 Å². The summed E-state index contributed by atoms with van der Waals surface area (Å²) in [5.41, 5.74) is 12.0. The predicted molar refractivity (Wildman–Crippen MR) is 259 cm³/mol. The zero-order valence-electron chi connectivity index (χ0n) is 40.4. The van der Waals surface area contributed by atoms with Crippen molar-refractivity contribution >= 4 is 30.2 Å². The molecule has 5 rings (SSSR count). The Balaban J connectivity index is 0.00000925. The molecule has 5 heterocycles. The molecule has 11 heteroatoms. The molecule has 2 aromatic heterocycles. The number of rotatable bonds is 22. The van der Waals surface area contributed by atoms with Crippen LogP contribution in [0.15, 0.2) is 63.7 Å². The van der Waals surface area contributed by atoms with Gasteiger partial charge in [-0.15, -0.1) is 33.9 Å². The van der Waals surface area contributed by atoms with E-state index >= 15 is 0 Å². The third-order valence-electron chi connectivity index (χ3n) is 13.7. The second-order valence-electron chi connectivity index (χ2n) is 19.0. The molecule has 3 aliphatic heterocycles. The van der Waals surface area contributed by atoms with E-state index in [-0.39, 0.29) is 60.7 Å². The largest absolute Gasteiger partial charge is 4.00 e. The summed E-state index contributed by atoms with van der Waals surface area (Å²) in [6.45, 7) is 19.1. The number of nitrogens with zero attached hydrogens (tertiary/aromatic N) is 4. The summed E-state index contributed by atoms with van der Waals surface area (Å²) in [6, 6.07) is -0.411. The number of carboxylic acids is 2. The van der Waals surface area contributed by atoms with E-state index in [1.54, 1.807) is 0 Å². The third kappa shape index (κ3) is 14.4. The normalized spacial score (nSPS) is 23.1. The maximum atomic E-state index is 12.0. The summed E-state index contributed by atoms with van der Waals surface area (Å²) in [6.07, 6.45) is 24.4. The van der Waals surface area contributed by atoms with Gasteiger partial charge in [0.25, 0.3) is 0 Å². The van der Waals surface area contributed by atoms with E-state index in [9.17, 15) is 30.0 Å². The van der Waals surface area contributed by atoms with E-state index in [0.717, 1.165) is 86.0 Å². The summed E-state index contributed by atoms with van der Waals surface area (Å²) in [5.74, 6) is -1.51. The minimum absolute atomic E-state index is 0. The topological polar surface area (TPSA) is 171 Å². The fraction of sp³-hybridized carbons (Fsp3) is 0.556. The van der Waals surface area contributed by atoms with Gasteiger partial charge in [0, 0.05) is 12.8 Å². The van der Waals surface area contributed by atoms with Gasteiger partial charge in [-0.1, -0.05) is 116 Å². The number of allylic oxidation sites excluding steroid dienone is 9. The molecular weight excluding hydrogens is 856 g/mol. The van der Waals surface area contributed by atoms with Crippen molar-refractivity contribution in [3.63, 3.8) is 0 Å². The minimum Gasteiger partial charge on any atom is -0.682 e. The van der Waals surface area contributed by atoms with Crippen molar-refractivity contribution in [3.05, 3.63) is 119 Å². The number of aliphatic hydroxyl groups is 2. The molecule has 0 spiro atoms. The number of carbonyl (C=O) groups is 2. The van der Waals surface area contributed by atoms with Crippen LogP contribution in [0.25, 0.3) is 28.9 Å². The molecule has 0 saturated carbocycles. The van der Waals surface area contributed by atoms with Gasteiger partial charge in [-0.25, -0.2) is 0 Å². The second-order valence-corrected chi connectivity index (χ2v) is 19.0. The average molecular weight is 931 g/mol. The smallest absolute Gasteiger partial charge is 0.682 e. The summed E-state index contributed by atoms with van der Waals surface area (Å²) in [5, 5.41) is 53.5. The number of hydrogen-bond acceptors (Lipinski definition) is 4. The molecule has 10 nitrogen and oxygen atoms in total. The maximum absolute atomic E-state index is 12.0. The van der Waals surface area contributed by atoms with Gasteiger partial charge in [-0.05, 0) is 134 Å². The van der Waals surface area contributed by atoms with Crippen LogP contribution in [-0.2, 0) is 39.7 Å². The van der Waals surface area contributed by atoms with Crippen molar-refractivity contribution in [1.82, 2.24) is 9.97 Å². The molecule has 1 saturated heterocycles. The van der Waals surface area contributed by atoms with Crippen molar-refractivity contribution < 1.29 is 47.1 Å². The van der Waals surface area contributed by atoms with E-state index in [1.807, 2.05) is 31.2 Å². The number of hydrogen-bond donors (Lipinski definition) is 4. The second kappa shape index (κ2) is 25.0. The molecule has 0 amide bonds. The summed E-state index contributed by atoms with van der Waals surface area (Å²) in [4.78, 5) is 33.8. The minimum atomic E-state index is -0.960. The van der Waals surface area contributed by atoms with Crippen molar-refractivity contribution in [2.45, 2.75) is 171 Å². The van der Waals surface area contributed by atoms with Crippen molar-refractivity contribution in [2.24, 2.45) is 23.7 Å². The van der Waals surface area contributed by atoms with Crippen LogP contribution in [-0.4, -0.2) is 38.4 Å². The molecule has 1 fully saturated rings. The number of fused-ring (bicyclic) bond motifs is 8. The zero-order valence-corrected chi connectivity index (χ0v) is 41.5. The summed E-state index contributed by atoms with van der Waals surface area (Å²) >= 11 is 0. The predicted octanol–water partition coefficient (Wildman–Crippen LogP) is 10.9. The van der Waals surface area contributed by atoms with Crippen LogP contribution in [0, 0.1) is 30.6 Å². The van der Waals surface area contributed by atoms with Crippen LogP contribution in [0.4, 0.5) is 0 Å². The van der Waals surface area contributed by atoms with Crippen LogP contribution in [0.1, 0.15) is 179 Å². The zero-order chi connectivity index (χ0) is 46.7. The molecule has 8 bridgehead atoms. The van der Waals surface area contributed by atoms with Crippen molar-refractivity contribution in [1.29, 1.82) is 0 Å². The van der Waals surface area contributed by atoms with E-state index in [1.165, 1.54) is 22.3 Å². The first-order chi connectivity index (χ1) is 30.5. The van der Waals surface area contributed by atoms with Gasteiger partial charge in [-0.2, -0.15) is 11.4 Å². The molecule has 3 aliphatic rings. The average Bonchev–Trinajstić information content (AvgIpc) is 3.91. The first-order valence-electron chi connectivity index (χ1n) is 23.8. The van der Waals surface area contributed by atoms with E-state index in [4.69, 9.17) is 20.6 Å². The number of aromatic nitrogens is 2. The molecule has 0 aliphatic carbocycles. The van der Waals surface area contributed by atoms with Gasteiger partial charge < -0.3 is 41.0 Å². The molecule has 2 aromatic rings. The molecule has 2 unspecified atom stereocenters. The summed E-state index contributed by atoms with van der Waals surface area (Å²) in [7, 11) is 0. The van der Waals surface area contributed by atoms with Crippen LogP contribution in [0.2, 0.25) is 0 Å². The van der Waals surface area contributed by atoms with E-state index in [0.29, 0.717) is 52.0 Å². The first-order valence-corrected chi connectivity index (χ1v) is 23.8. The Kier molecular flexibility index (Phi) is 20.5. The summed E-state index contributed by atoms with van der Waals surface area (Å²) < 4.78 is 0. The Morgan fingerprint density at radius 2 is 1.48 bits per heavy atom. The molecular formula is C54H74FeN4O6. The quantitative estimate of drug-likeness (QED) is 0.0667. The van der Waals surface area contributed by atoms with Crippen molar-refractivity contribution in [3.8, 4) is 0 Å². The fourth-order valence-electron chi connectivity index (χ4n) is 9.69. The van der Waals surface area contributed by atoms with Gasteiger partial charge in [0.1, 0.15) is 0 Å². The van der Waals surface area contributed by atoms with Crippen LogP contribution < -0.4 is 20.7 Å². The van der Waals surface area contributed by atoms with Crippen LogP contribution >= 0.6 is 0 Å². The van der Waals surface area contributed by atoms with Crippen LogP contribution in [0.5, 0.6) is 0 Å². The number of aliphatic carboxylic acids is 2. The van der Waals surface area contributed by atoms with Gasteiger partial charge in [0.15, 0.2) is 0 Å². The molecule has 354 valence electrons. The first kappa shape index (κ1) is 53.3. The Morgan fingerprint density at radius 1 is 0.800 bits per heavy atom. The Bertz CT molecular complexity index is 2300. The Labute approximate surface area is 398 Å².